The van der Waals surface area contributed by atoms with Crippen molar-refractivity contribution >= 4 is 18.6 Å². The van der Waals surface area contributed by atoms with Crippen LogP contribution in [0.1, 0.15) is 35.7 Å². The van der Waals surface area contributed by atoms with Crippen molar-refractivity contribution in [2.45, 2.75) is 31.1 Å². The molecule has 1 aromatic carbocycles. The first-order chi connectivity index (χ1) is 6.66. The predicted octanol–water partition coefficient (Wildman–Crippen LogP) is 3.02. The van der Waals surface area contributed by atoms with Gasteiger partial charge in [0, 0.05) is 4.90 Å². The van der Waals surface area contributed by atoms with Gasteiger partial charge in [-0.15, -0.1) is 12.6 Å². The Morgan fingerprint density at radius 2 is 2.21 bits per heavy atom. The monoisotopic (exact) mass is 210 g/mol. The molecule has 76 valence electrons. The Hall–Kier alpha value is -0.960. The van der Waals surface area contributed by atoms with Gasteiger partial charge in [-0.3, -0.25) is 0 Å². The predicted molar refractivity (Wildman–Crippen MR) is 59.3 cm³/mol. The van der Waals surface area contributed by atoms with E-state index in [1.807, 2.05) is 6.07 Å². The SMILES string of the molecule is CCCCc1c(S)cccc1C(=O)O. The summed E-state index contributed by atoms with van der Waals surface area (Å²) < 4.78 is 0. The molecule has 0 aromatic heterocycles. The first-order valence-corrected chi connectivity index (χ1v) is 5.15. The maximum absolute atomic E-state index is 10.9. The Kier molecular flexibility index (Phi) is 4.01. The molecule has 1 rings (SSSR count). The fraction of sp³-hybridized carbons (Fsp3) is 0.364. The molecule has 0 fully saturated rings. The largest absolute Gasteiger partial charge is 0.478 e. The number of benzene rings is 1. The van der Waals surface area contributed by atoms with Crippen LogP contribution in [0, 0.1) is 0 Å². The molecule has 0 spiro atoms. The van der Waals surface area contributed by atoms with Crippen LogP contribution in [0.5, 0.6) is 0 Å². The fourth-order valence-corrected chi connectivity index (χ4v) is 1.71. The summed E-state index contributed by atoms with van der Waals surface area (Å²) in [6, 6.07) is 5.19. The average molecular weight is 210 g/mol. The van der Waals surface area contributed by atoms with Gasteiger partial charge in [0.05, 0.1) is 5.56 Å². The highest BCUT2D eigenvalue weighted by Gasteiger charge is 2.11. The van der Waals surface area contributed by atoms with Crippen LogP contribution in [-0.4, -0.2) is 11.1 Å². The van der Waals surface area contributed by atoms with Gasteiger partial charge >= 0.3 is 5.97 Å². The Morgan fingerprint density at radius 1 is 1.50 bits per heavy atom. The van der Waals surface area contributed by atoms with Gasteiger partial charge in [-0.1, -0.05) is 19.4 Å². The van der Waals surface area contributed by atoms with E-state index in [0.29, 0.717) is 5.56 Å². The zero-order valence-corrected chi connectivity index (χ0v) is 9.05. The van der Waals surface area contributed by atoms with Gasteiger partial charge in [0.2, 0.25) is 0 Å². The van der Waals surface area contributed by atoms with E-state index in [-0.39, 0.29) is 0 Å². The van der Waals surface area contributed by atoms with E-state index in [2.05, 4.69) is 19.6 Å². The standard InChI is InChI=1S/C11H14O2S/c1-2-3-5-8-9(11(12)13)6-4-7-10(8)14/h4,6-7,14H,2-3,5H2,1H3,(H,12,13). The highest BCUT2D eigenvalue weighted by molar-refractivity contribution is 7.80. The van der Waals surface area contributed by atoms with Gasteiger partial charge in [-0.2, -0.15) is 0 Å². The highest BCUT2D eigenvalue weighted by atomic mass is 32.1. The molecule has 2 nitrogen and oxygen atoms in total. The summed E-state index contributed by atoms with van der Waals surface area (Å²) in [4.78, 5) is 11.7. The number of carboxylic acid groups (broad SMARTS) is 1. The number of aromatic carboxylic acids is 1. The van der Waals surface area contributed by atoms with E-state index in [9.17, 15) is 4.79 Å². The number of hydrogen-bond acceptors (Lipinski definition) is 2. The summed E-state index contributed by atoms with van der Waals surface area (Å²) in [5.74, 6) is -0.869. The molecular weight excluding hydrogens is 196 g/mol. The summed E-state index contributed by atoms with van der Waals surface area (Å²) in [6.45, 7) is 2.08. The van der Waals surface area contributed by atoms with Gasteiger partial charge in [0.15, 0.2) is 0 Å². The van der Waals surface area contributed by atoms with Crippen molar-refractivity contribution in [3.63, 3.8) is 0 Å². The van der Waals surface area contributed by atoms with Crippen molar-refractivity contribution in [2.75, 3.05) is 0 Å². The molecule has 0 amide bonds. The van der Waals surface area contributed by atoms with Crippen molar-refractivity contribution in [1.82, 2.24) is 0 Å². The van der Waals surface area contributed by atoms with Crippen LogP contribution in [0.15, 0.2) is 23.1 Å². The minimum absolute atomic E-state index is 0.381. The first-order valence-electron chi connectivity index (χ1n) is 4.71. The van der Waals surface area contributed by atoms with Crippen molar-refractivity contribution in [1.29, 1.82) is 0 Å². The lowest BCUT2D eigenvalue weighted by atomic mass is 10.0. The van der Waals surface area contributed by atoms with E-state index in [0.717, 1.165) is 29.7 Å². The van der Waals surface area contributed by atoms with Gasteiger partial charge in [-0.25, -0.2) is 4.79 Å². The van der Waals surface area contributed by atoms with Crippen molar-refractivity contribution in [3.8, 4) is 0 Å². The number of hydrogen-bond donors (Lipinski definition) is 2. The molecule has 0 aliphatic heterocycles. The molecule has 0 aliphatic carbocycles. The summed E-state index contributed by atoms with van der Waals surface area (Å²) >= 11 is 4.27. The van der Waals surface area contributed by atoms with Crippen LogP contribution in [0.2, 0.25) is 0 Å². The zero-order chi connectivity index (χ0) is 10.6. The van der Waals surface area contributed by atoms with Crippen LogP contribution in [0.4, 0.5) is 0 Å². The normalized spacial score (nSPS) is 10.1. The number of thiol groups is 1. The maximum atomic E-state index is 10.9. The number of unbranched alkanes of at least 4 members (excludes halogenated alkanes) is 1. The van der Waals surface area contributed by atoms with E-state index < -0.39 is 5.97 Å². The summed E-state index contributed by atoms with van der Waals surface area (Å²) in [5.41, 5.74) is 1.23. The molecular formula is C11H14O2S. The minimum atomic E-state index is -0.869. The molecule has 1 N–H and O–H groups in total. The maximum Gasteiger partial charge on any atom is 0.336 e. The van der Waals surface area contributed by atoms with Gasteiger partial charge in [0.1, 0.15) is 0 Å². The Labute approximate surface area is 89.4 Å². The molecule has 0 aliphatic rings. The highest BCUT2D eigenvalue weighted by Crippen LogP contribution is 2.20. The van der Waals surface area contributed by atoms with Crippen LogP contribution < -0.4 is 0 Å². The van der Waals surface area contributed by atoms with Crippen molar-refractivity contribution < 1.29 is 9.90 Å². The third kappa shape index (κ3) is 2.51. The van der Waals surface area contributed by atoms with Crippen molar-refractivity contribution in [3.05, 3.63) is 29.3 Å². The zero-order valence-electron chi connectivity index (χ0n) is 8.16. The Morgan fingerprint density at radius 3 is 2.79 bits per heavy atom. The molecule has 0 unspecified atom stereocenters. The Bertz CT molecular complexity index is 334. The summed E-state index contributed by atoms with van der Waals surface area (Å²) in [7, 11) is 0. The summed E-state index contributed by atoms with van der Waals surface area (Å²) in [6.07, 6.45) is 2.84. The molecule has 1 aromatic rings. The fourth-order valence-electron chi connectivity index (χ4n) is 1.39. The average Bonchev–Trinajstić information content (AvgIpc) is 2.15. The van der Waals surface area contributed by atoms with Crippen LogP contribution in [0.25, 0.3) is 0 Å². The van der Waals surface area contributed by atoms with Crippen molar-refractivity contribution in [2.24, 2.45) is 0 Å². The second-order valence-electron chi connectivity index (χ2n) is 3.21. The second kappa shape index (κ2) is 5.05. The number of carboxylic acids is 1. The number of carbonyl (C=O) groups is 1. The van der Waals surface area contributed by atoms with Gasteiger partial charge in [-0.05, 0) is 30.5 Å². The lowest BCUT2D eigenvalue weighted by Gasteiger charge is -2.07. The Balaban J connectivity index is 3.02. The molecule has 14 heavy (non-hydrogen) atoms. The van der Waals surface area contributed by atoms with E-state index >= 15 is 0 Å². The second-order valence-corrected chi connectivity index (χ2v) is 3.69. The van der Waals surface area contributed by atoms with Crippen LogP contribution in [0.3, 0.4) is 0 Å². The molecule has 0 saturated carbocycles. The molecule has 0 radical (unpaired) electrons. The van der Waals surface area contributed by atoms with Crippen LogP contribution in [-0.2, 0) is 6.42 Å². The quantitative estimate of drug-likeness (QED) is 0.749. The van der Waals surface area contributed by atoms with Gasteiger partial charge < -0.3 is 5.11 Å². The smallest absolute Gasteiger partial charge is 0.336 e. The molecule has 0 heterocycles. The van der Waals surface area contributed by atoms with E-state index in [1.165, 1.54) is 0 Å². The van der Waals surface area contributed by atoms with Crippen LogP contribution >= 0.6 is 12.6 Å². The first kappa shape index (κ1) is 11.1. The summed E-state index contributed by atoms with van der Waals surface area (Å²) in [5, 5.41) is 8.96. The molecule has 3 heteroatoms. The van der Waals surface area contributed by atoms with E-state index in [4.69, 9.17) is 5.11 Å². The van der Waals surface area contributed by atoms with E-state index in [1.54, 1.807) is 12.1 Å². The topological polar surface area (TPSA) is 37.3 Å². The molecule has 0 bridgehead atoms. The lowest BCUT2D eigenvalue weighted by molar-refractivity contribution is 0.0695. The third-order valence-electron chi connectivity index (χ3n) is 2.16. The van der Waals surface area contributed by atoms with Gasteiger partial charge in [0.25, 0.3) is 0 Å². The molecule has 0 atom stereocenters. The third-order valence-corrected chi connectivity index (χ3v) is 2.58. The lowest BCUT2D eigenvalue weighted by Crippen LogP contribution is -2.03. The minimum Gasteiger partial charge on any atom is -0.478 e. The molecule has 0 saturated heterocycles. The number of rotatable bonds is 4.